The second-order valence-corrected chi connectivity index (χ2v) is 6.24. The number of hydrogen-bond donors (Lipinski definition) is 1. The molecule has 2 aromatic heterocycles. The standard InChI is InChI=1S/C11H13BrN2OS2/c1-15-3-2-9-7-17-11(14-9)13-5-10-4-8(12)6-16-10/h4,6-7H,2-3,5H2,1H3,(H,13,14). The van der Waals surface area contributed by atoms with Crippen LogP contribution in [0.1, 0.15) is 10.6 Å². The van der Waals surface area contributed by atoms with E-state index in [4.69, 9.17) is 4.74 Å². The molecule has 0 atom stereocenters. The lowest BCUT2D eigenvalue weighted by Crippen LogP contribution is -1.98. The first-order chi connectivity index (χ1) is 8.28. The summed E-state index contributed by atoms with van der Waals surface area (Å²) in [6.07, 6.45) is 0.874. The van der Waals surface area contributed by atoms with Gasteiger partial charge in [0.1, 0.15) is 0 Å². The van der Waals surface area contributed by atoms with E-state index < -0.39 is 0 Å². The Labute approximate surface area is 117 Å². The van der Waals surface area contributed by atoms with Gasteiger partial charge in [0.2, 0.25) is 0 Å². The summed E-state index contributed by atoms with van der Waals surface area (Å²) in [7, 11) is 1.71. The van der Waals surface area contributed by atoms with Crippen molar-refractivity contribution in [3.8, 4) is 0 Å². The van der Waals surface area contributed by atoms with Gasteiger partial charge >= 0.3 is 0 Å². The number of nitrogens with zero attached hydrogens (tertiary/aromatic N) is 1. The molecule has 0 saturated heterocycles. The highest BCUT2D eigenvalue weighted by Gasteiger charge is 2.02. The Balaban J connectivity index is 1.84. The highest BCUT2D eigenvalue weighted by molar-refractivity contribution is 9.10. The van der Waals surface area contributed by atoms with Gasteiger partial charge in [0.25, 0.3) is 0 Å². The second kappa shape index (κ2) is 6.49. The summed E-state index contributed by atoms with van der Waals surface area (Å²) in [4.78, 5) is 5.79. The van der Waals surface area contributed by atoms with Crippen molar-refractivity contribution < 1.29 is 4.74 Å². The molecule has 17 heavy (non-hydrogen) atoms. The summed E-state index contributed by atoms with van der Waals surface area (Å²) in [5.74, 6) is 0. The van der Waals surface area contributed by atoms with Crippen LogP contribution >= 0.6 is 38.6 Å². The Bertz CT molecular complexity index is 469. The van der Waals surface area contributed by atoms with E-state index in [0.29, 0.717) is 0 Å². The third-order valence-corrected chi connectivity index (χ3v) is 4.70. The molecular formula is C11H13BrN2OS2. The maximum absolute atomic E-state index is 5.03. The molecule has 0 radical (unpaired) electrons. The Morgan fingerprint density at radius 3 is 3.00 bits per heavy atom. The molecule has 2 heterocycles. The predicted molar refractivity (Wildman–Crippen MR) is 77.0 cm³/mol. The van der Waals surface area contributed by atoms with Crippen molar-refractivity contribution in [3.05, 3.63) is 31.9 Å². The fourth-order valence-electron chi connectivity index (χ4n) is 1.32. The zero-order valence-corrected chi connectivity index (χ0v) is 12.6. The highest BCUT2D eigenvalue weighted by Crippen LogP contribution is 2.22. The van der Waals surface area contributed by atoms with Gasteiger partial charge in [-0.25, -0.2) is 4.98 Å². The lowest BCUT2D eigenvalue weighted by molar-refractivity contribution is 0.201. The summed E-state index contributed by atoms with van der Waals surface area (Å²) in [5, 5.41) is 8.46. The molecule has 0 aliphatic heterocycles. The van der Waals surface area contributed by atoms with Crippen LogP contribution in [0.3, 0.4) is 0 Å². The van der Waals surface area contributed by atoms with E-state index in [1.54, 1.807) is 29.8 Å². The molecule has 2 aromatic rings. The molecule has 2 rings (SSSR count). The first-order valence-corrected chi connectivity index (χ1v) is 7.73. The Morgan fingerprint density at radius 1 is 1.41 bits per heavy atom. The summed E-state index contributed by atoms with van der Waals surface area (Å²) >= 11 is 6.82. The van der Waals surface area contributed by atoms with Crippen LogP contribution in [0.15, 0.2) is 21.3 Å². The summed E-state index contributed by atoms with van der Waals surface area (Å²) < 4.78 is 6.17. The Hall–Kier alpha value is -0.430. The fraction of sp³-hybridized carbons (Fsp3) is 0.364. The summed E-state index contributed by atoms with van der Waals surface area (Å²) in [6.45, 7) is 1.55. The van der Waals surface area contributed by atoms with E-state index in [2.05, 4.69) is 43.1 Å². The van der Waals surface area contributed by atoms with Crippen LogP contribution in [0.5, 0.6) is 0 Å². The molecule has 0 fully saturated rings. The Kier molecular flexibility index (Phi) is 4.97. The van der Waals surface area contributed by atoms with E-state index in [-0.39, 0.29) is 0 Å². The number of halogens is 1. The van der Waals surface area contributed by atoms with Gasteiger partial charge in [-0.3, -0.25) is 0 Å². The molecule has 0 amide bonds. The van der Waals surface area contributed by atoms with Crippen LogP contribution in [0, 0.1) is 0 Å². The smallest absolute Gasteiger partial charge is 0.183 e. The lowest BCUT2D eigenvalue weighted by atomic mass is 10.4. The van der Waals surface area contributed by atoms with Gasteiger partial charge in [-0.1, -0.05) is 0 Å². The van der Waals surface area contributed by atoms with Crippen molar-refractivity contribution in [1.29, 1.82) is 0 Å². The number of nitrogens with one attached hydrogen (secondary N) is 1. The number of hydrogen-bond acceptors (Lipinski definition) is 5. The summed E-state index contributed by atoms with van der Waals surface area (Å²) in [6, 6.07) is 2.12. The van der Waals surface area contributed by atoms with Crippen molar-refractivity contribution in [1.82, 2.24) is 4.98 Å². The molecule has 3 nitrogen and oxygen atoms in total. The van der Waals surface area contributed by atoms with Crippen molar-refractivity contribution in [3.63, 3.8) is 0 Å². The van der Waals surface area contributed by atoms with Gasteiger partial charge in [0.05, 0.1) is 18.8 Å². The number of aromatic nitrogens is 1. The number of rotatable bonds is 6. The van der Waals surface area contributed by atoms with Crippen LogP contribution in [0.4, 0.5) is 5.13 Å². The molecule has 0 aromatic carbocycles. The second-order valence-electron chi connectivity index (χ2n) is 3.47. The molecule has 0 saturated carbocycles. The summed E-state index contributed by atoms with van der Waals surface area (Å²) in [5.41, 5.74) is 1.09. The minimum absolute atomic E-state index is 0.723. The number of methoxy groups -OCH3 is 1. The molecule has 0 bridgehead atoms. The van der Waals surface area contributed by atoms with Crippen LogP contribution in [0.2, 0.25) is 0 Å². The van der Waals surface area contributed by atoms with Gasteiger partial charge in [-0.05, 0) is 22.0 Å². The molecule has 0 unspecified atom stereocenters. The maximum atomic E-state index is 5.03. The van der Waals surface area contributed by atoms with Gasteiger partial charge in [-0.2, -0.15) is 0 Å². The van der Waals surface area contributed by atoms with Gasteiger partial charge < -0.3 is 10.1 Å². The number of anilines is 1. The molecule has 92 valence electrons. The van der Waals surface area contributed by atoms with Gasteiger partial charge in [0.15, 0.2) is 5.13 Å². The van der Waals surface area contributed by atoms with E-state index >= 15 is 0 Å². The zero-order valence-electron chi connectivity index (χ0n) is 9.40. The largest absolute Gasteiger partial charge is 0.384 e. The first-order valence-electron chi connectivity index (χ1n) is 5.18. The van der Waals surface area contributed by atoms with E-state index in [1.165, 1.54) is 4.88 Å². The minimum Gasteiger partial charge on any atom is -0.384 e. The van der Waals surface area contributed by atoms with E-state index in [0.717, 1.165) is 34.9 Å². The molecule has 0 spiro atoms. The predicted octanol–water partition coefficient (Wildman–Crippen LogP) is 3.77. The van der Waals surface area contributed by atoms with Crippen LogP contribution in [-0.4, -0.2) is 18.7 Å². The fourth-order valence-corrected chi connectivity index (χ4v) is 3.45. The van der Waals surface area contributed by atoms with Crippen molar-refractivity contribution >= 4 is 43.7 Å². The molecule has 0 aliphatic rings. The number of thiazole rings is 1. The van der Waals surface area contributed by atoms with E-state index in [1.807, 2.05) is 0 Å². The van der Waals surface area contributed by atoms with Crippen LogP contribution in [0.25, 0.3) is 0 Å². The van der Waals surface area contributed by atoms with Crippen LogP contribution < -0.4 is 5.32 Å². The zero-order chi connectivity index (χ0) is 12.1. The average molecular weight is 333 g/mol. The lowest BCUT2D eigenvalue weighted by Gasteiger charge is -1.99. The molecule has 1 N–H and O–H groups in total. The minimum atomic E-state index is 0.723. The number of thiophene rings is 1. The quantitative estimate of drug-likeness (QED) is 0.874. The maximum Gasteiger partial charge on any atom is 0.183 e. The average Bonchev–Trinajstić information content (AvgIpc) is 2.93. The topological polar surface area (TPSA) is 34.1 Å². The third-order valence-electron chi connectivity index (χ3n) is 2.15. The molecule has 0 aliphatic carbocycles. The first kappa shape index (κ1) is 13.0. The number of ether oxygens (including phenoxy) is 1. The van der Waals surface area contributed by atoms with Crippen LogP contribution in [-0.2, 0) is 17.7 Å². The molecule has 6 heteroatoms. The van der Waals surface area contributed by atoms with Crippen molar-refractivity contribution in [2.45, 2.75) is 13.0 Å². The monoisotopic (exact) mass is 332 g/mol. The normalized spacial score (nSPS) is 10.7. The van der Waals surface area contributed by atoms with Crippen molar-refractivity contribution in [2.24, 2.45) is 0 Å². The Morgan fingerprint density at radius 2 is 2.29 bits per heavy atom. The SMILES string of the molecule is COCCc1csc(NCc2cc(Br)cs2)n1. The van der Waals surface area contributed by atoms with Crippen molar-refractivity contribution in [2.75, 3.05) is 19.0 Å². The van der Waals surface area contributed by atoms with Gasteiger partial charge in [0, 0.05) is 33.6 Å². The van der Waals surface area contributed by atoms with E-state index in [9.17, 15) is 0 Å². The van der Waals surface area contributed by atoms with Gasteiger partial charge in [-0.15, -0.1) is 22.7 Å². The third kappa shape index (κ3) is 4.06. The molecular weight excluding hydrogens is 320 g/mol. The highest BCUT2D eigenvalue weighted by atomic mass is 79.9.